The van der Waals surface area contributed by atoms with Crippen molar-refractivity contribution in [1.29, 1.82) is 5.26 Å². The van der Waals surface area contributed by atoms with E-state index in [1.54, 1.807) is 11.8 Å². The Morgan fingerprint density at radius 3 is 2.93 bits per heavy atom. The maximum atomic E-state index is 11.6. The Hall–Kier alpha value is -1.15. The Morgan fingerprint density at radius 1 is 1.64 bits per heavy atom. The molecule has 0 bridgehead atoms. The molecule has 0 aliphatic rings. The largest absolute Gasteiger partial charge is 0.299 e. The molecule has 0 aliphatic carbocycles. The van der Waals surface area contributed by atoms with Gasteiger partial charge in [0.05, 0.1) is 24.7 Å². The van der Waals surface area contributed by atoms with Crippen molar-refractivity contribution in [2.24, 2.45) is 0 Å². The SMILES string of the molecule is CSCc1[nH]n(CCC#N)c(=O)c1C. The Balaban J connectivity index is 2.92. The van der Waals surface area contributed by atoms with Crippen LogP contribution in [0.3, 0.4) is 0 Å². The minimum atomic E-state index is -0.00991. The van der Waals surface area contributed by atoms with Gasteiger partial charge in [0.1, 0.15) is 0 Å². The molecule has 1 rings (SSSR count). The summed E-state index contributed by atoms with van der Waals surface area (Å²) in [5.74, 6) is 0.806. The van der Waals surface area contributed by atoms with Crippen LogP contribution in [0.5, 0.6) is 0 Å². The molecule has 0 amide bonds. The molecule has 0 saturated heterocycles. The molecule has 0 aromatic carbocycles. The lowest BCUT2D eigenvalue weighted by Crippen LogP contribution is -2.17. The van der Waals surface area contributed by atoms with Gasteiger partial charge in [-0.2, -0.15) is 17.0 Å². The lowest BCUT2D eigenvalue weighted by atomic mass is 10.3. The highest BCUT2D eigenvalue weighted by Gasteiger charge is 2.08. The average Bonchev–Trinajstić information content (AvgIpc) is 2.44. The second-order valence-corrected chi connectivity index (χ2v) is 3.88. The monoisotopic (exact) mass is 211 g/mol. The molecular formula is C9H13N3OS. The minimum Gasteiger partial charge on any atom is -0.299 e. The van der Waals surface area contributed by atoms with Gasteiger partial charge in [0.15, 0.2) is 0 Å². The summed E-state index contributed by atoms with van der Waals surface area (Å²) in [6.07, 6.45) is 2.35. The Labute approximate surface area is 86.9 Å². The van der Waals surface area contributed by atoms with Crippen LogP contribution in [0.1, 0.15) is 17.7 Å². The maximum absolute atomic E-state index is 11.6. The molecule has 0 saturated carbocycles. The van der Waals surface area contributed by atoms with Crippen LogP contribution in [-0.4, -0.2) is 16.0 Å². The third-order valence-electron chi connectivity index (χ3n) is 2.02. The Morgan fingerprint density at radius 2 is 2.36 bits per heavy atom. The molecule has 1 aromatic heterocycles. The van der Waals surface area contributed by atoms with Crippen LogP contribution in [0.4, 0.5) is 0 Å². The average molecular weight is 211 g/mol. The zero-order chi connectivity index (χ0) is 10.6. The molecule has 0 atom stereocenters. The number of rotatable bonds is 4. The smallest absolute Gasteiger partial charge is 0.269 e. The Kier molecular flexibility index (Phi) is 3.84. The molecule has 1 aromatic rings. The topological polar surface area (TPSA) is 61.6 Å². The molecule has 0 aliphatic heterocycles. The summed E-state index contributed by atoms with van der Waals surface area (Å²) in [4.78, 5) is 11.6. The molecule has 0 spiro atoms. The van der Waals surface area contributed by atoms with Crippen molar-refractivity contribution < 1.29 is 0 Å². The van der Waals surface area contributed by atoms with Gasteiger partial charge in [0, 0.05) is 11.3 Å². The molecule has 76 valence electrons. The van der Waals surface area contributed by atoms with Gasteiger partial charge in [-0.15, -0.1) is 0 Å². The molecule has 1 heterocycles. The fraction of sp³-hybridized carbons (Fsp3) is 0.556. The molecule has 0 radical (unpaired) electrons. The second-order valence-electron chi connectivity index (χ2n) is 3.01. The third-order valence-corrected chi connectivity index (χ3v) is 2.60. The fourth-order valence-electron chi connectivity index (χ4n) is 1.23. The molecule has 1 N–H and O–H groups in total. The molecule has 14 heavy (non-hydrogen) atoms. The standard InChI is InChI=1S/C9H13N3OS/c1-7-8(6-14-2)11-12(9(7)13)5-3-4-10/h11H,3,5-6H2,1-2H3. The summed E-state index contributed by atoms with van der Waals surface area (Å²) < 4.78 is 1.50. The number of hydrogen-bond donors (Lipinski definition) is 1. The second kappa shape index (κ2) is 4.91. The highest BCUT2D eigenvalue weighted by molar-refractivity contribution is 7.97. The van der Waals surface area contributed by atoms with Gasteiger partial charge in [-0.05, 0) is 13.2 Å². The van der Waals surface area contributed by atoms with Crippen molar-refractivity contribution in [1.82, 2.24) is 9.78 Å². The van der Waals surface area contributed by atoms with Gasteiger partial charge in [-0.3, -0.25) is 14.6 Å². The molecule has 0 unspecified atom stereocenters. The van der Waals surface area contributed by atoms with Crippen LogP contribution in [-0.2, 0) is 12.3 Å². The first-order chi connectivity index (χ1) is 6.70. The predicted molar refractivity (Wildman–Crippen MR) is 57.2 cm³/mol. The quantitative estimate of drug-likeness (QED) is 0.815. The van der Waals surface area contributed by atoms with E-state index < -0.39 is 0 Å². The van der Waals surface area contributed by atoms with Gasteiger partial charge in [0.25, 0.3) is 5.56 Å². The minimum absolute atomic E-state index is 0.00991. The van der Waals surface area contributed by atoms with Crippen LogP contribution in [0, 0.1) is 18.3 Å². The van der Waals surface area contributed by atoms with E-state index >= 15 is 0 Å². The fourth-order valence-corrected chi connectivity index (χ4v) is 1.80. The van der Waals surface area contributed by atoms with Gasteiger partial charge >= 0.3 is 0 Å². The van der Waals surface area contributed by atoms with E-state index in [2.05, 4.69) is 5.10 Å². The van der Waals surface area contributed by atoms with E-state index in [1.807, 2.05) is 19.2 Å². The number of nitriles is 1. The first-order valence-corrected chi connectivity index (χ1v) is 5.74. The first kappa shape index (κ1) is 10.9. The summed E-state index contributed by atoms with van der Waals surface area (Å²) in [7, 11) is 0. The van der Waals surface area contributed by atoms with Crippen LogP contribution in [0.2, 0.25) is 0 Å². The zero-order valence-electron chi connectivity index (χ0n) is 8.33. The summed E-state index contributed by atoms with van der Waals surface area (Å²) in [6.45, 7) is 2.26. The van der Waals surface area contributed by atoms with Crippen molar-refractivity contribution in [2.45, 2.75) is 25.6 Å². The Bertz CT molecular complexity index is 399. The lowest BCUT2D eigenvalue weighted by Gasteiger charge is -1.96. The number of aromatic amines is 1. The van der Waals surface area contributed by atoms with Crippen LogP contribution in [0.15, 0.2) is 4.79 Å². The van der Waals surface area contributed by atoms with Crippen molar-refractivity contribution in [2.75, 3.05) is 6.26 Å². The van der Waals surface area contributed by atoms with E-state index in [9.17, 15) is 4.79 Å². The van der Waals surface area contributed by atoms with Crippen LogP contribution < -0.4 is 5.56 Å². The first-order valence-electron chi connectivity index (χ1n) is 4.35. The number of H-pyrrole nitrogens is 1. The molecule has 4 nitrogen and oxygen atoms in total. The predicted octanol–water partition coefficient (Wildman–Crippen LogP) is 1.26. The maximum Gasteiger partial charge on any atom is 0.269 e. The van der Waals surface area contributed by atoms with E-state index in [-0.39, 0.29) is 5.56 Å². The number of aromatic nitrogens is 2. The van der Waals surface area contributed by atoms with Crippen LogP contribution >= 0.6 is 11.8 Å². The summed E-state index contributed by atoms with van der Waals surface area (Å²) in [6, 6.07) is 2.02. The summed E-state index contributed by atoms with van der Waals surface area (Å²) in [5.41, 5.74) is 1.71. The molecule has 5 heteroatoms. The number of aryl methyl sites for hydroxylation is 1. The van der Waals surface area contributed by atoms with Crippen molar-refractivity contribution in [3.8, 4) is 6.07 Å². The lowest BCUT2D eigenvalue weighted by molar-refractivity contribution is 0.603. The normalized spacial score (nSPS) is 10.1. The van der Waals surface area contributed by atoms with Gasteiger partial charge in [0.2, 0.25) is 0 Å². The van der Waals surface area contributed by atoms with Crippen molar-refractivity contribution >= 4 is 11.8 Å². The molecular weight excluding hydrogens is 198 g/mol. The number of nitrogens with one attached hydrogen (secondary N) is 1. The summed E-state index contributed by atoms with van der Waals surface area (Å²) in [5, 5.41) is 11.4. The van der Waals surface area contributed by atoms with E-state index in [0.717, 1.165) is 17.0 Å². The third kappa shape index (κ3) is 2.20. The number of hydrogen-bond acceptors (Lipinski definition) is 3. The number of thioether (sulfide) groups is 1. The molecule has 0 fully saturated rings. The highest BCUT2D eigenvalue weighted by atomic mass is 32.2. The highest BCUT2D eigenvalue weighted by Crippen LogP contribution is 2.08. The van der Waals surface area contributed by atoms with E-state index in [0.29, 0.717) is 13.0 Å². The van der Waals surface area contributed by atoms with Gasteiger partial charge < -0.3 is 0 Å². The van der Waals surface area contributed by atoms with Crippen molar-refractivity contribution in [3.05, 3.63) is 21.6 Å². The van der Waals surface area contributed by atoms with E-state index in [4.69, 9.17) is 5.26 Å². The van der Waals surface area contributed by atoms with Gasteiger partial charge in [-0.25, -0.2) is 0 Å². The van der Waals surface area contributed by atoms with Crippen molar-refractivity contribution in [3.63, 3.8) is 0 Å². The number of nitrogens with zero attached hydrogens (tertiary/aromatic N) is 2. The van der Waals surface area contributed by atoms with Gasteiger partial charge in [-0.1, -0.05) is 0 Å². The van der Waals surface area contributed by atoms with E-state index in [1.165, 1.54) is 4.68 Å². The zero-order valence-corrected chi connectivity index (χ0v) is 9.15. The van der Waals surface area contributed by atoms with Crippen LogP contribution in [0.25, 0.3) is 0 Å². The summed E-state index contributed by atoms with van der Waals surface area (Å²) >= 11 is 1.67.